The minimum Gasteiger partial charge on any atom is -0.359 e. The molecule has 2 nitrogen and oxygen atoms in total. The number of aryl methyl sites for hydroxylation is 1. The van der Waals surface area contributed by atoms with Crippen molar-refractivity contribution in [2.75, 3.05) is 0 Å². The number of hydrogen-bond acceptors (Lipinski definition) is 1. The maximum Gasteiger partial charge on any atom is 0.166 e. The minimum atomic E-state index is 0.0106. The highest BCUT2D eigenvalue weighted by Gasteiger charge is 2.10. The molecule has 1 rings (SSSR count). The third kappa shape index (κ3) is 5.12. The molecule has 3 heteroatoms. The highest BCUT2D eigenvalue weighted by molar-refractivity contribution is 7.80. The van der Waals surface area contributed by atoms with E-state index in [0.717, 1.165) is 6.54 Å². The molecule has 0 spiro atoms. The Labute approximate surface area is 103 Å². The maximum absolute atomic E-state index is 5.21. The van der Waals surface area contributed by atoms with Crippen molar-refractivity contribution in [3.63, 3.8) is 0 Å². The average Bonchev–Trinajstić information content (AvgIpc) is 2.12. The second-order valence-corrected chi connectivity index (χ2v) is 5.45. The van der Waals surface area contributed by atoms with E-state index in [4.69, 9.17) is 12.2 Å². The van der Waals surface area contributed by atoms with Crippen LogP contribution in [-0.2, 0) is 6.54 Å². The SMILES string of the molecule is Cc1cccc(CNC(=S)NC(C)(C)C)c1. The van der Waals surface area contributed by atoms with Gasteiger partial charge < -0.3 is 10.6 Å². The summed E-state index contributed by atoms with van der Waals surface area (Å²) >= 11 is 5.21. The number of benzene rings is 1. The zero-order chi connectivity index (χ0) is 12.2. The number of nitrogens with one attached hydrogen (secondary N) is 2. The van der Waals surface area contributed by atoms with Gasteiger partial charge in [-0.1, -0.05) is 29.8 Å². The van der Waals surface area contributed by atoms with Gasteiger partial charge in [-0.3, -0.25) is 0 Å². The molecule has 0 saturated heterocycles. The Morgan fingerprint density at radius 1 is 1.31 bits per heavy atom. The topological polar surface area (TPSA) is 24.1 Å². The third-order valence-corrected chi connectivity index (χ3v) is 2.27. The summed E-state index contributed by atoms with van der Waals surface area (Å²) in [5.74, 6) is 0. The summed E-state index contributed by atoms with van der Waals surface area (Å²) in [6.45, 7) is 9.13. The quantitative estimate of drug-likeness (QED) is 0.772. The molecule has 0 aliphatic heterocycles. The Balaban J connectivity index is 2.43. The van der Waals surface area contributed by atoms with Crippen LogP contribution in [0.4, 0.5) is 0 Å². The molecule has 0 aromatic heterocycles. The van der Waals surface area contributed by atoms with Crippen LogP contribution >= 0.6 is 12.2 Å². The molecule has 0 saturated carbocycles. The Hall–Kier alpha value is -1.09. The van der Waals surface area contributed by atoms with Gasteiger partial charge in [-0.2, -0.15) is 0 Å². The van der Waals surface area contributed by atoms with Crippen molar-refractivity contribution in [2.24, 2.45) is 0 Å². The lowest BCUT2D eigenvalue weighted by Gasteiger charge is -2.23. The first-order chi connectivity index (χ1) is 7.37. The molecule has 1 aromatic rings. The Morgan fingerprint density at radius 2 is 2.00 bits per heavy atom. The molecule has 0 fully saturated rings. The van der Waals surface area contributed by atoms with Crippen LogP contribution in [0.5, 0.6) is 0 Å². The molecule has 0 amide bonds. The van der Waals surface area contributed by atoms with E-state index in [2.05, 4.69) is 62.6 Å². The minimum absolute atomic E-state index is 0.0106. The monoisotopic (exact) mass is 236 g/mol. The smallest absolute Gasteiger partial charge is 0.166 e. The van der Waals surface area contributed by atoms with Crippen molar-refractivity contribution in [1.29, 1.82) is 0 Å². The lowest BCUT2D eigenvalue weighted by molar-refractivity contribution is 0.506. The first-order valence-corrected chi connectivity index (χ1v) is 5.89. The second-order valence-electron chi connectivity index (χ2n) is 5.05. The van der Waals surface area contributed by atoms with E-state index in [0.29, 0.717) is 5.11 Å². The molecular weight excluding hydrogens is 216 g/mol. The van der Waals surface area contributed by atoms with E-state index in [1.165, 1.54) is 11.1 Å². The number of hydrogen-bond donors (Lipinski definition) is 2. The molecule has 88 valence electrons. The normalized spacial score (nSPS) is 11.0. The summed E-state index contributed by atoms with van der Waals surface area (Å²) in [6.07, 6.45) is 0. The van der Waals surface area contributed by atoms with E-state index >= 15 is 0 Å². The van der Waals surface area contributed by atoms with Crippen molar-refractivity contribution in [1.82, 2.24) is 10.6 Å². The molecule has 0 heterocycles. The fourth-order valence-electron chi connectivity index (χ4n) is 1.39. The van der Waals surface area contributed by atoms with Crippen LogP contribution in [-0.4, -0.2) is 10.7 Å². The molecule has 0 aliphatic rings. The predicted molar refractivity (Wildman–Crippen MR) is 73.5 cm³/mol. The fourth-order valence-corrected chi connectivity index (χ4v) is 1.77. The molecule has 1 aromatic carbocycles. The largest absolute Gasteiger partial charge is 0.359 e. The first kappa shape index (κ1) is 13.0. The van der Waals surface area contributed by atoms with Crippen molar-refractivity contribution < 1.29 is 0 Å². The van der Waals surface area contributed by atoms with Gasteiger partial charge in [0.15, 0.2) is 5.11 Å². The molecule has 0 unspecified atom stereocenters. The van der Waals surface area contributed by atoms with Crippen LogP contribution in [0.3, 0.4) is 0 Å². The van der Waals surface area contributed by atoms with Gasteiger partial charge in [-0.15, -0.1) is 0 Å². The van der Waals surface area contributed by atoms with Crippen LogP contribution in [0.2, 0.25) is 0 Å². The fraction of sp³-hybridized carbons (Fsp3) is 0.462. The van der Waals surface area contributed by atoms with E-state index in [1.807, 2.05) is 0 Å². The summed E-state index contributed by atoms with van der Waals surface area (Å²) in [4.78, 5) is 0. The van der Waals surface area contributed by atoms with E-state index in [1.54, 1.807) is 0 Å². The average molecular weight is 236 g/mol. The zero-order valence-electron chi connectivity index (χ0n) is 10.4. The maximum atomic E-state index is 5.21. The summed E-state index contributed by atoms with van der Waals surface area (Å²) in [5, 5.41) is 7.13. The summed E-state index contributed by atoms with van der Waals surface area (Å²) in [5.41, 5.74) is 2.53. The Bertz CT molecular complexity index is 366. The summed E-state index contributed by atoms with van der Waals surface area (Å²) < 4.78 is 0. The standard InChI is InChI=1S/C13H20N2S/c1-10-6-5-7-11(8-10)9-14-12(16)15-13(2,3)4/h5-8H,9H2,1-4H3,(H2,14,15,16). The summed E-state index contributed by atoms with van der Waals surface area (Å²) in [6, 6.07) is 8.41. The van der Waals surface area contributed by atoms with Crippen LogP contribution < -0.4 is 10.6 Å². The van der Waals surface area contributed by atoms with Gasteiger partial charge in [0.1, 0.15) is 0 Å². The molecular formula is C13H20N2S. The molecule has 0 atom stereocenters. The molecule has 0 aliphatic carbocycles. The lowest BCUT2D eigenvalue weighted by atomic mass is 10.1. The predicted octanol–water partition coefficient (Wildman–Crippen LogP) is 2.76. The van der Waals surface area contributed by atoms with Crippen LogP contribution in [0.15, 0.2) is 24.3 Å². The first-order valence-electron chi connectivity index (χ1n) is 5.48. The van der Waals surface area contributed by atoms with E-state index in [-0.39, 0.29) is 5.54 Å². The van der Waals surface area contributed by atoms with Gasteiger partial charge in [-0.25, -0.2) is 0 Å². The number of thiocarbonyl (C=S) groups is 1. The molecule has 2 N–H and O–H groups in total. The molecule has 16 heavy (non-hydrogen) atoms. The van der Waals surface area contributed by atoms with Crippen LogP contribution in [0.1, 0.15) is 31.9 Å². The van der Waals surface area contributed by atoms with Crippen LogP contribution in [0.25, 0.3) is 0 Å². The van der Waals surface area contributed by atoms with Gasteiger partial charge >= 0.3 is 0 Å². The van der Waals surface area contributed by atoms with Gasteiger partial charge in [0.2, 0.25) is 0 Å². The van der Waals surface area contributed by atoms with Gasteiger partial charge in [0.05, 0.1) is 0 Å². The second kappa shape index (κ2) is 5.30. The van der Waals surface area contributed by atoms with Gasteiger partial charge in [-0.05, 0) is 45.5 Å². The summed E-state index contributed by atoms with van der Waals surface area (Å²) in [7, 11) is 0. The molecule has 0 radical (unpaired) electrons. The van der Waals surface area contributed by atoms with Crippen molar-refractivity contribution in [2.45, 2.75) is 39.8 Å². The third-order valence-electron chi connectivity index (χ3n) is 2.02. The highest BCUT2D eigenvalue weighted by atomic mass is 32.1. The lowest BCUT2D eigenvalue weighted by Crippen LogP contribution is -2.45. The highest BCUT2D eigenvalue weighted by Crippen LogP contribution is 2.03. The van der Waals surface area contributed by atoms with Gasteiger partial charge in [0.25, 0.3) is 0 Å². The van der Waals surface area contributed by atoms with Gasteiger partial charge in [0, 0.05) is 12.1 Å². The van der Waals surface area contributed by atoms with Crippen molar-refractivity contribution in [3.05, 3.63) is 35.4 Å². The van der Waals surface area contributed by atoms with E-state index in [9.17, 15) is 0 Å². The Morgan fingerprint density at radius 3 is 2.56 bits per heavy atom. The van der Waals surface area contributed by atoms with Crippen molar-refractivity contribution >= 4 is 17.3 Å². The number of rotatable bonds is 2. The zero-order valence-corrected chi connectivity index (χ0v) is 11.2. The molecule has 0 bridgehead atoms. The van der Waals surface area contributed by atoms with Crippen molar-refractivity contribution in [3.8, 4) is 0 Å². The Kier molecular flexibility index (Phi) is 4.30. The van der Waals surface area contributed by atoms with Crippen LogP contribution in [0, 0.1) is 6.92 Å². The van der Waals surface area contributed by atoms with E-state index < -0.39 is 0 Å².